The Bertz CT molecular complexity index is 374. The van der Waals surface area contributed by atoms with Crippen molar-refractivity contribution >= 4 is 17.6 Å². The van der Waals surface area contributed by atoms with Gasteiger partial charge in [-0.2, -0.15) is 0 Å². The minimum atomic E-state index is -0.603. The third-order valence-electron chi connectivity index (χ3n) is 3.42. The van der Waals surface area contributed by atoms with Crippen molar-refractivity contribution in [2.75, 3.05) is 0 Å². The van der Waals surface area contributed by atoms with Crippen LogP contribution in [0.1, 0.15) is 58.8 Å². The Hall–Kier alpha value is -1.45. The van der Waals surface area contributed by atoms with E-state index in [9.17, 15) is 14.4 Å². The summed E-state index contributed by atoms with van der Waals surface area (Å²) in [6, 6.07) is -0.603. The van der Waals surface area contributed by atoms with Crippen LogP contribution in [0.3, 0.4) is 0 Å². The van der Waals surface area contributed by atoms with Crippen molar-refractivity contribution in [3.05, 3.63) is 12.2 Å². The molecule has 19 heavy (non-hydrogen) atoms. The number of nitrogens with zero attached hydrogens (tertiary/aromatic N) is 1. The molecule has 0 aromatic heterocycles. The number of unbranched alkanes of at least 4 members (excludes halogenated alkanes) is 5. The van der Waals surface area contributed by atoms with E-state index in [1.807, 2.05) is 0 Å². The summed E-state index contributed by atoms with van der Waals surface area (Å²) in [7, 11) is 0. The molecule has 1 fully saturated rings. The molecule has 0 spiro atoms. The molecule has 1 aliphatic rings. The summed E-state index contributed by atoms with van der Waals surface area (Å²) >= 11 is 0. The molecule has 4 nitrogen and oxygen atoms in total. The topological polar surface area (TPSA) is 54.5 Å². The lowest BCUT2D eigenvalue weighted by atomic mass is 10.1. The average Bonchev–Trinajstić information content (AvgIpc) is 2.62. The zero-order valence-corrected chi connectivity index (χ0v) is 11.9. The van der Waals surface area contributed by atoms with Crippen molar-refractivity contribution in [3.63, 3.8) is 0 Å². The second-order valence-electron chi connectivity index (χ2n) is 5.03. The Morgan fingerprint density at radius 3 is 2.53 bits per heavy atom. The molecule has 0 bridgehead atoms. The molecular weight excluding hydrogens is 242 g/mol. The lowest BCUT2D eigenvalue weighted by Gasteiger charge is -2.15. The summed E-state index contributed by atoms with van der Waals surface area (Å²) in [6.07, 6.45) is 9.87. The number of hydrogen-bond acceptors (Lipinski definition) is 3. The van der Waals surface area contributed by atoms with Crippen molar-refractivity contribution in [3.8, 4) is 0 Å². The molecule has 1 aliphatic heterocycles. The van der Waals surface area contributed by atoms with Crippen LogP contribution in [0.25, 0.3) is 0 Å². The number of carbonyl (C=O) groups excluding carboxylic acids is 3. The second-order valence-corrected chi connectivity index (χ2v) is 5.03. The molecule has 0 aromatic carbocycles. The number of allylic oxidation sites excluding steroid dienone is 1. The molecule has 1 atom stereocenters. The molecule has 1 saturated heterocycles. The standard InChI is InChI=1S/C15H23NO3/c1-3-4-5-6-7-8-9-10-14(18)16-12(2)13(17)11-15(16)19/h9-10,12H,3-8,11H2,1-2H3/b10-9+. The number of carbonyl (C=O) groups is 3. The third-order valence-corrected chi connectivity index (χ3v) is 3.42. The van der Waals surface area contributed by atoms with Gasteiger partial charge in [-0.25, -0.2) is 0 Å². The Morgan fingerprint density at radius 2 is 1.95 bits per heavy atom. The van der Waals surface area contributed by atoms with Crippen LogP contribution >= 0.6 is 0 Å². The predicted molar refractivity (Wildman–Crippen MR) is 73.5 cm³/mol. The molecule has 1 unspecified atom stereocenters. The number of rotatable bonds is 7. The van der Waals surface area contributed by atoms with Gasteiger partial charge in [0.05, 0.1) is 12.5 Å². The maximum Gasteiger partial charge on any atom is 0.253 e. The minimum Gasteiger partial charge on any atom is -0.297 e. The molecule has 4 heteroatoms. The number of imide groups is 1. The first-order valence-corrected chi connectivity index (χ1v) is 7.13. The SMILES string of the molecule is CCCCCCC/C=C/C(=O)N1C(=O)CC(=O)C1C. The fraction of sp³-hybridized carbons (Fsp3) is 0.667. The molecule has 1 heterocycles. The number of amides is 2. The number of Topliss-reactive ketones (excluding diaryl/α,β-unsaturated/α-hetero) is 1. The highest BCUT2D eigenvalue weighted by Crippen LogP contribution is 2.15. The summed E-state index contributed by atoms with van der Waals surface area (Å²) in [5.41, 5.74) is 0. The highest BCUT2D eigenvalue weighted by molar-refractivity contribution is 6.16. The molecule has 106 valence electrons. The average molecular weight is 265 g/mol. The second kappa shape index (κ2) is 7.87. The van der Waals surface area contributed by atoms with Crippen LogP contribution in [-0.4, -0.2) is 28.5 Å². The third kappa shape index (κ3) is 4.62. The highest BCUT2D eigenvalue weighted by atomic mass is 16.2. The van der Waals surface area contributed by atoms with Gasteiger partial charge in [0.2, 0.25) is 5.91 Å². The monoisotopic (exact) mass is 265 g/mol. The van der Waals surface area contributed by atoms with E-state index >= 15 is 0 Å². The molecule has 1 rings (SSSR count). The summed E-state index contributed by atoms with van der Waals surface area (Å²) < 4.78 is 0. The van der Waals surface area contributed by atoms with Gasteiger partial charge in [-0.1, -0.05) is 38.7 Å². The first kappa shape index (κ1) is 15.6. The van der Waals surface area contributed by atoms with Crippen LogP contribution in [0.15, 0.2) is 12.2 Å². The van der Waals surface area contributed by atoms with E-state index in [4.69, 9.17) is 0 Å². The van der Waals surface area contributed by atoms with Gasteiger partial charge in [0.1, 0.15) is 0 Å². The maximum absolute atomic E-state index is 11.8. The zero-order valence-electron chi connectivity index (χ0n) is 11.9. The fourth-order valence-corrected chi connectivity index (χ4v) is 2.19. The molecule has 0 aromatic rings. The van der Waals surface area contributed by atoms with Crippen molar-refractivity contribution in [2.45, 2.75) is 64.8 Å². The molecule has 0 aliphatic carbocycles. The van der Waals surface area contributed by atoms with Crippen LogP contribution in [0.4, 0.5) is 0 Å². The predicted octanol–water partition coefficient (Wildman–Crippen LogP) is 2.62. The smallest absolute Gasteiger partial charge is 0.253 e. The zero-order chi connectivity index (χ0) is 14.3. The first-order valence-electron chi connectivity index (χ1n) is 7.13. The lowest BCUT2D eigenvalue weighted by molar-refractivity contribution is -0.140. The van der Waals surface area contributed by atoms with Crippen molar-refractivity contribution in [1.82, 2.24) is 4.90 Å². The van der Waals surface area contributed by atoms with E-state index in [1.54, 1.807) is 13.0 Å². The van der Waals surface area contributed by atoms with Gasteiger partial charge in [-0.3, -0.25) is 19.3 Å². The summed E-state index contributed by atoms with van der Waals surface area (Å²) in [5, 5.41) is 0. The summed E-state index contributed by atoms with van der Waals surface area (Å²) in [4.78, 5) is 35.7. The van der Waals surface area contributed by atoms with Crippen LogP contribution in [0, 0.1) is 0 Å². The quantitative estimate of drug-likeness (QED) is 0.404. The number of hydrogen-bond donors (Lipinski definition) is 0. The summed E-state index contributed by atoms with van der Waals surface area (Å²) in [5.74, 6) is -0.918. The fourth-order valence-electron chi connectivity index (χ4n) is 2.19. The maximum atomic E-state index is 11.8. The summed E-state index contributed by atoms with van der Waals surface area (Å²) in [6.45, 7) is 3.78. The number of likely N-dealkylation sites (tertiary alicyclic amines) is 1. The Labute approximate surface area is 114 Å². The Balaban J connectivity index is 2.30. The van der Waals surface area contributed by atoms with Crippen molar-refractivity contribution in [1.29, 1.82) is 0 Å². The van der Waals surface area contributed by atoms with E-state index in [1.165, 1.54) is 31.8 Å². The molecule has 0 radical (unpaired) electrons. The van der Waals surface area contributed by atoms with Crippen LogP contribution in [0.5, 0.6) is 0 Å². The van der Waals surface area contributed by atoms with Gasteiger partial charge in [0, 0.05) is 0 Å². The lowest BCUT2D eigenvalue weighted by Crippen LogP contribution is -2.37. The van der Waals surface area contributed by atoms with E-state index < -0.39 is 6.04 Å². The van der Waals surface area contributed by atoms with Gasteiger partial charge >= 0.3 is 0 Å². The first-order chi connectivity index (χ1) is 9.07. The molecular formula is C15H23NO3. The van der Waals surface area contributed by atoms with Crippen LogP contribution in [-0.2, 0) is 14.4 Å². The number of ketones is 1. The van der Waals surface area contributed by atoms with Crippen molar-refractivity contribution in [2.24, 2.45) is 0 Å². The van der Waals surface area contributed by atoms with Crippen LogP contribution < -0.4 is 0 Å². The van der Waals surface area contributed by atoms with Gasteiger partial charge in [0.25, 0.3) is 5.91 Å². The van der Waals surface area contributed by atoms with Gasteiger partial charge in [0.15, 0.2) is 5.78 Å². The molecule has 2 amide bonds. The van der Waals surface area contributed by atoms with E-state index in [-0.39, 0.29) is 24.0 Å². The normalized spacial score (nSPS) is 19.7. The largest absolute Gasteiger partial charge is 0.297 e. The van der Waals surface area contributed by atoms with E-state index in [2.05, 4.69) is 6.92 Å². The van der Waals surface area contributed by atoms with Crippen molar-refractivity contribution < 1.29 is 14.4 Å². The van der Waals surface area contributed by atoms with Gasteiger partial charge < -0.3 is 0 Å². The molecule has 0 saturated carbocycles. The molecule has 0 N–H and O–H groups in total. The Morgan fingerprint density at radius 1 is 1.26 bits per heavy atom. The van der Waals surface area contributed by atoms with Gasteiger partial charge in [-0.05, 0) is 25.8 Å². The highest BCUT2D eigenvalue weighted by Gasteiger charge is 2.38. The van der Waals surface area contributed by atoms with Crippen LogP contribution in [0.2, 0.25) is 0 Å². The van der Waals surface area contributed by atoms with E-state index in [0.717, 1.165) is 17.7 Å². The minimum absolute atomic E-state index is 0.141. The van der Waals surface area contributed by atoms with Gasteiger partial charge in [-0.15, -0.1) is 0 Å². The van der Waals surface area contributed by atoms with E-state index in [0.29, 0.717) is 0 Å². The Kier molecular flexibility index (Phi) is 6.46.